The van der Waals surface area contributed by atoms with Crippen LogP contribution in [0.1, 0.15) is 31.7 Å². The van der Waals surface area contributed by atoms with Crippen molar-refractivity contribution in [2.45, 2.75) is 31.7 Å². The molecule has 1 rings (SSSR count). The second kappa shape index (κ2) is 4.85. The molecule has 0 aliphatic rings. The summed E-state index contributed by atoms with van der Waals surface area (Å²) in [6.45, 7) is 3.44. The Bertz CT molecular complexity index is 390. The molecule has 0 bridgehead atoms. The van der Waals surface area contributed by atoms with Gasteiger partial charge in [-0.25, -0.2) is 0 Å². The summed E-state index contributed by atoms with van der Waals surface area (Å²) in [6.07, 6.45) is 0.353. The quantitative estimate of drug-likeness (QED) is 0.852. The molecule has 4 heteroatoms. The Morgan fingerprint density at radius 2 is 2.12 bits per heavy atom. The van der Waals surface area contributed by atoms with Gasteiger partial charge in [0.2, 0.25) is 0 Å². The minimum atomic E-state index is -1.22. The van der Waals surface area contributed by atoms with Crippen LogP contribution in [0.3, 0.4) is 0 Å². The van der Waals surface area contributed by atoms with E-state index in [0.29, 0.717) is 11.4 Å². The van der Waals surface area contributed by atoms with Crippen molar-refractivity contribution in [3.05, 3.63) is 34.9 Å². The van der Waals surface area contributed by atoms with Crippen LogP contribution in [0.5, 0.6) is 0 Å². The molecule has 16 heavy (non-hydrogen) atoms. The average molecular weight is 242 g/mol. The van der Waals surface area contributed by atoms with E-state index in [-0.39, 0.29) is 5.92 Å². The van der Waals surface area contributed by atoms with E-state index < -0.39 is 11.5 Å². The summed E-state index contributed by atoms with van der Waals surface area (Å²) in [5.74, 6) is -0.980. The summed E-state index contributed by atoms with van der Waals surface area (Å²) >= 11 is 6.04. The highest BCUT2D eigenvalue weighted by atomic mass is 35.5. The Morgan fingerprint density at radius 3 is 2.62 bits per heavy atom. The highest BCUT2D eigenvalue weighted by Gasteiger charge is 2.30. The molecule has 88 valence electrons. The van der Waals surface area contributed by atoms with E-state index in [0.717, 1.165) is 5.56 Å². The second-order valence-electron chi connectivity index (χ2n) is 4.35. The van der Waals surface area contributed by atoms with Crippen molar-refractivity contribution in [2.24, 2.45) is 5.73 Å². The van der Waals surface area contributed by atoms with Crippen LogP contribution < -0.4 is 5.73 Å². The number of halogens is 1. The van der Waals surface area contributed by atoms with Gasteiger partial charge in [0.25, 0.3) is 0 Å². The Hall–Kier alpha value is -1.06. The summed E-state index contributed by atoms with van der Waals surface area (Å²) in [5.41, 5.74) is 5.41. The van der Waals surface area contributed by atoms with E-state index in [2.05, 4.69) is 0 Å². The van der Waals surface area contributed by atoms with Crippen LogP contribution in [0.2, 0.25) is 5.02 Å². The van der Waals surface area contributed by atoms with Crippen LogP contribution in [0.4, 0.5) is 0 Å². The molecule has 1 aromatic rings. The molecule has 0 aliphatic heterocycles. The summed E-state index contributed by atoms with van der Waals surface area (Å²) < 4.78 is 0. The number of rotatable bonds is 4. The lowest BCUT2D eigenvalue weighted by Crippen LogP contribution is -2.45. The van der Waals surface area contributed by atoms with Crippen LogP contribution in [0, 0.1) is 0 Å². The third-order valence-corrected chi connectivity index (χ3v) is 3.00. The van der Waals surface area contributed by atoms with Gasteiger partial charge in [-0.2, -0.15) is 0 Å². The monoisotopic (exact) mass is 241 g/mol. The van der Waals surface area contributed by atoms with Gasteiger partial charge >= 0.3 is 5.97 Å². The molecule has 0 aliphatic carbocycles. The van der Waals surface area contributed by atoms with E-state index in [1.54, 1.807) is 6.07 Å². The Balaban J connectivity index is 2.85. The second-order valence-corrected chi connectivity index (χ2v) is 4.76. The zero-order valence-electron chi connectivity index (χ0n) is 9.40. The van der Waals surface area contributed by atoms with Crippen molar-refractivity contribution >= 4 is 17.6 Å². The van der Waals surface area contributed by atoms with Gasteiger partial charge in [0, 0.05) is 5.02 Å². The molecule has 3 N–H and O–H groups in total. The molecular weight excluding hydrogens is 226 g/mol. The molecule has 0 saturated carbocycles. The van der Waals surface area contributed by atoms with E-state index in [4.69, 9.17) is 22.4 Å². The minimum Gasteiger partial charge on any atom is -0.480 e. The average Bonchev–Trinajstić information content (AvgIpc) is 2.17. The number of carbonyl (C=O) groups is 1. The molecular formula is C12H16ClNO2. The summed E-state index contributed by atoms with van der Waals surface area (Å²) in [5, 5.41) is 9.60. The van der Waals surface area contributed by atoms with Crippen LogP contribution >= 0.6 is 11.6 Å². The van der Waals surface area contributed by atoms with Crippen molar-refractivity contribution in [1.82, 2.24) is 0 Å². The maximum atomic E-state index is 10.9. The molecule has 2 unspecified atom stereocenters. The fourth-order valence-corrected chi connectivity index (χ4v) is 2.03. The van der Waals surface area contributed by atoms with Gasteiger partial charge in [-0.1, -0.05) is 36.7 Å². The normalized spacial score (nSPS) is 16.5. The SMILES string of the molecule is CC(CC(C)(N)C(=O)O)c1ccccc1Cl. The van der Waals surface area contributed by atoms with Crippen molar-refractivity contribution in [3.8, 4) is 0 Å². The molecule has 0 aromatic heterocycles. The molecule has 2 atom stereocenters. The molecule has 0 fully saturated rings. The first-order valence-electron chi connectivity index (χ1n) is 5.11. The molecule has 1 aromatic carbocycles. The molecule has 0 spiro atoms. The first-order valence-corrected chi connectivity index (χ1v) is 5.49. The van der Waals surface area contributed by atoms with E-state index in [9.17, 15) is 4.79 Å². The largest absolute Gasteiger partial charge is 0.480 e. The van der Waals surface area contributed by atoms with Crippen molar-refractivity contribution in [1.29, 1.82) is 0 Å². The number of hydrogen-bond donors (Lipinski definition) is 2. The number of hydrogen-bond acceptors (Lipinski definition) is 2. The summed E-state index contributed by atoms with van der Waals surface area (Å²) in [4.78, 5) is 10.9. The first-order chi connectivity index (χ1) is 7.34. The number of carboxylic acid groups (broad SMARTS) is 1. The van der Waals surface area contributed by atoms with Gasteiger partial charge in [-0.3, -0.25) is 4.79 Å². The van der Waals surface area contributed by atoms with E-state index in [1.807, 2.05) is 25.1 Å². The molecule has 0 amide bonds. The van der Waals surface area contributed by atoms with Crippen LogP contribution in [-0.2, 0) is 4.79 Å². The van der Waals surface area contributed by atoms with Crippen molar-refractivity contribution < 1.29 is 9.90 Å². The summed E-state index contributed by atoms with van der Waals surface area (Å²) in [7, 11) is 0. The number of aliphatic carboxylic acids is 1. The third-order valence-electron chi connectivity index (χ3n) is 2.65. The van der Waals surface area contributed by atoms with Crippen LogP contribution in [-0.4, -0.2) is 16.6 Å². The van der Waals surface area contributed by atoms with Gasteiger partial charge in [-0.15, -0.1) is 0 Å². The zero-order chi connectivity index (χ0) is 12.3. The van der Waals surface area contributed by atoms with Crippen LogP contribution in [0.15, 0.2) is 24.3 Å². The molecule has 3 nitrogen and oxygen atoms in total. The van der Waals surface area contributed by atoms with E-state index in [1.165, 1.54) is 6.92 Å². The minimum absolute atomic E-state index is 0.0137. The van der Waals surface area contributed by atoms with Crippen LogP contribution in [0.25, 0.3) is 0 Å². The topological polar surface area (TPSA) is 63.3 Å². The predicted octanol–water partition coefficient (Wildman–Crippen LogP) is 2.64. The third kappa shape index (κ3) is 2.97. The lowest BCUT2D eigenvalue weighted by Gasteiger charge is -2.24. The summed E-state index contributed by atoms with van der Waals surface area (Å²) in [6, 6.07) is 7.41. The maximum Gasteiger partial charge on any atom is 0.323 e. The van der Waals surface area contributed by atoms with Gasteiger partial charge in [0.05, 0.1) is 0 Å². The molecule has 0 heterocycles. The number of carboxylic acids is 1. The van der Waals surface area contributed by atoms with Crippen molar-refractivity contribution in [2.75, 3.05) is 0 Å². The number of nitrogens with two attached hydrogens (primary N) is 1. The first kappa shape index (κ1) is 13.0. The lowest BCUT2D eigenvalue weighted by molar-refractivity contribution is -0.143. The molecule has 0 radical (unpaired) electrons. The Morgan fingerprint density at radius 1 is 1.56 bits per heavy atom. The van der Waals surface area contributed by atoms with Gasteiger partial charge < -0.3 is 10.8 Å². The Labute approximate surface area is 100 Å². The predicted molar refractivity (Wildman–Crippen MR) is 64.7 cm³/mol. The van der Waals surface area contributed by atoms with Gasteiger partial charge in [0.1, 0.15) is 5.54 Å². The highest BCUT2D eigenvalue weighted by molar-refractivity contribution is 6.31. The van der Waals surface area contributed by atoms with Crippen molar-refractivity contribution in [3.63, 3.8) is 0 Å². The lowest BCUT2D eigenvalue weighted by atomic mass is 9.86. The highest BCUT2D eigenvalue weighted by Crippen LogP contribution is 2.29. The Kier molecular flexibility index (Phi) is 3.94. The molecule has 0 saturated heterocycles. The van der Waals surface area contributed by atoms with Gasteiger partial charge in [-0.05, 0) is 30.9 Å². The standard InChI is InChI=1S/C12H16ClNO2/c1-8(7-12(2,14)11(15)16)9-5-3-4-6-10(9)13/h3-6,8H,7,14H2,1-2H3,(H,15,16). The van der Waals surface area contributed by atoms with Gasteiger partial charge in [0.15, 0.2) is 0 Å². The fourth-order valence-electron chi connectivity index (χ4n) is 1.71. The zero-order valence-corrected chi connectivity index (χ0v) is 10.2. The fraction of sp³-hybridized carbons (Fsp3) is 0.417. The number of benzene rings is 1. The smallest absolute Gasteiger partial charge is 0.323 e. The maximum absolute atomic E-state index is 10.9. The van der Waals surface area contributed by atoms with E-state index >= 15 is 0 Å².